The monoisotopic (exact) mass is 258 g/mol. The van der Waals surface area contributed by atoms with Crippen LogP contribution in [0.2, 0.25) is 5.15 Å². The summed E-state index contributed by atoms with van der Waals surface area (Å²) in [6.07, 6.45) is 4.21. The molecule has 1 fully saturated rings. The lowest BCUT2D eigenvalue weighted by Crippen LogP contribution is -2.27. The van der Waals surface area contributed by atoms with Gasteiger partial charge in [-0.2, -0.15) is 0 Å². The Balaban J connectivity index is 1.73. The maximum absolute atomic E-state index is 5.69. The minimum atomic E-state index is 0.493. The van der Waals surface area contributed by atoms with Gasteiger partial charge in [-0.1, -0.05) is 11.6 Å². The molecule has 1 aliphatic heterocycles. The van der Waals surface area contributed by atoms with Crippen LogP contribution in [-0.4, -0.2) is 35.3 Å². The van der Waals surface area contributed by atoms with Crippen molar-refractivity contribution in [2.24, 2.45) is 0 Å². The molecular formula is C11H15ClN2OS. The molecule has 88 valence electrons. The second-order valence-electron chi connectivity index (χ2n) is 3.96. The first-order valence-corrected chi connectivity index (χ1v) is 6.66. The maximum atomic E-state index is 5.69. The van der Waals surface area contributed by atoms with E-state index in [0.29, 0.717) is 11.2 Å². The number of hydrogen-bond acceptors (Lipinski definition) is 4. The Morgan fingerprint density at radius 3 is 3.12 bits per heavy atom. The summed E-state index contributed by atoms with van der Waals surface area (Å²) >= 11 is 7.18. The second kappa shape index (κ2) is 5.75. The van der Waals surface area contributed by atoms with E-state index >= 15 is 0 Å². The molecule has 2 rings (SSSR count). The predicted molar refractivity (Wildman–Crippen MR) is 68.0 cm³/mol. The molecule has 0 bridgehead atoms. The average molecular weight is 259 g/mol. The van der Waals surface area contributed by atoms with Crippen molar-refractivity contribution in [2.75, 3.05) is 19.3 Å². The SMILES string of the molecule is CN1CCCC1CSOc1ccc(Cl)nc1. The molecule has 2 heterocycles. The van der Waals surface area contributed by atoms with E-state index < -0.39 is 0 Å². The zero-order valence-corrected chi connectivity index (χ0v) is 10.8. The molecule has 16 heavy (non-hydrogen) atoms. The number of halogens is 1. The van der Waals surface area contributed by atoms with Gasteiger partial charge in [0, 0.05) is 11.8 Å². The number of hydrogen-bond donors (Lipinski definition) is 0. The van der Waals surface area contributed by atoms with Gasteiger partial charge in [-0.05, 0) is 38.6 Å². The molecule has 1 unspecified atom stereocenters. The van der Waals surface area contributed by atoms with Crippen molar-refractivity contribution in [3.05, 3.63) is 23.5 Å². The molecule has 1 atom stereocenters. The third-order valence-electron chi connectivity index (χ3n) is 2.79. The normalized spacial score (nSPS) is 21.2. The molecular weight excluding hydrogens is 244 g/mol. The Bertz CT molecular complexity index is 333. The fraction of sp³-hybridized carbons (Fsp3) is 0.545. The molecule has 3 nitrogen and oxygen atoms in total. The van der Waals surface area contributed by atoms with Crippen LogP contribution >= 0.6 is 23.6 Å². The van der Waals surface area contributed by atoms with Gasteiger partial charge in [-0.3, -0.25) is 0 Å². The van der Waals surface area contributed by atoms with Gasteiger partial charge < -0.3 is 9.08 Å². The summed E-state index contributed by atoms with van der Waals surface area (Å²) in [4.78, 5) is 6.35. The highest BCUT2D eigenvalue weighted by Gasteiger charge is 2.20. The predicted octanol–water partition coefficient (Wildman–Crippen LogP) is 2.86. The lowest BCUT2D eigenvalue weighted by Gasteiger charge is -2.18. The highest BCUT2D eigenvalue weighted by atomic mass is 35.5. The summed E-state index contributed by atoms with van der Waals surface area (Å²) in [5, 5.41) is 0.493. The molecule has 5 heteroatoms. The van der Waals surface area contributed by atoms with Crippen molar-refractivity contribution < 1.29 is 4.18 Å². The standard InChI is InChI=1S/C11H15ClN2OS/c1-14-6-2-3-9(14)8-16-15-10-4-5-11(12)13-7-10/h4-5,7,9H,2-3,6,8H2,1H3. The van der Waals surface area contributed by atoms with Crippen LogP contribution < -0.4 is 4.18 Å². The van der Waals surface area contributed by atoms with E-state index in [4.69, 9.17) is 15.8 Å². The van der Waals surface area contributed by atoms with Crippen LogP contribution in [0.4, 0.5) is 0 Å². The minimum Gasteiger partial charge on any atom is -0.424 e. The second-order valence-corrected chi connectivity index (χ2v) is 5.08. The first-order valence-electron chi connectivity index (χ1n) is 5.37. The molecule has 1 aliphatic rings. The van der Waals surface area contributed by atoms with Gasteiger partial charge in [0.15, 0.2) is 5.75 Å². The topological polar surface area (TPSA) is 25.4 Å². The first-order chi connectivity index (χ1) is 7.75. The van der Waals surface area contributed by atoms with Gasteiger partial charge in [0.25, 0.3) is 0 Å². The zero-order valence-electron chi connectivity index (χ0n) is 9.23. The lowest BCUT2D eigenvalue weighted by molar-refractivity contribution is 0.333. The Morgan fingerprint density at radius 1 is 1.62 bits per heavy atom. The van der Waals surface area contributed by atoms with E-state index in [0.717, 1.165) is 11.5 Å². The third-order valence-corrected chi connectivity index (χ3v) is 3.84. The van der Waals surface area contributed by atoms with Gasteiger partial charge in [-0.15, -0.1) is 0 Å². The summed E-state index contributed by atoms with van der Waals surface area (Å²) in [5.74, 6) is 1.76. The van der Waals surface area contributed by atoms with Crippen LogP contribution in [0.5, 0.6) is 5.75 Å². The highest BCUT2D eigenvalue weighted by Crippen LogP contribution is 2.22. The zero-order chi connectivity index (χ0) is 11.4. The number of pyridine rings is 1. The Morgan fingerprint density at radius 2 is 2.50 bits per heavy atom. The van der Waals surface area contributed by atoms with Crippen molar-refractivity contribution in [1.29, 1.82) is 0 Å². The smallest absolute Gasteiger partial charge is 0.155 e. The van der Waals surface area contributed by atoms with Crippen LogP contribution in [0.3, 0.4) is 0 Å². The fourth-order valence-corrected chi connectivity index (χ4v) is 2.77. The van der Waals surface area contributed by atoms with E-state index in [9.17, 15) is 0 Å². The highest BCUT2D eigenvalue weighted by molar-refractivity contribution is 7.95. The van der Waals surface area contributed by atoms with Crippen molar-refractivity contribution in [3.8, 4) is 5.75 Å². The molecule has 1 aromatic rings. The molecule has 0 radical (unpaired) electrons. The van der Waals surface area contributed by atoms with E-state index in [1.165, 1.54) is 31.4 Å². The van der Waals surface area contributed by atoms with Gasteiger partial charge >= 0.3 is 0 Å². The van der Waals surface area contributed by atoms with Gasteiger partial charge in [-0.25, -0.2) is 4.98 Å². The largest absolute Gasteiger partial charge is 0.424 e. The van der Waals surface area contributed by atoms with Crippen molar-refractivity contribution in [2.45, 2.75) is 18.9 Å². The van der Waals surface area contributed by atoms with E-state index in [-0.39, 0.29) is 0 Å². The van der Waals surface area contributed by atoms with E-state index in [1.54, 1.807) is 12.3 Å². The van der Waals surface area contributed by atoms with Gasteiger partial charge in [0.1, 0.15) is 5.15 Å². The Hall–Kier alpha value is -0.450. The first kappa shape index (κ1) is 12.0. The van der Waals surface area contributed by atoms with Crippen molar-refractivity contribution >= 4 is 23.6 Å². The van der Waals surface area contributed by atoms with Crippen LogP contribution in [0.15, 0.2) is 18.3 Å². The average Bonchev–Trinajstić information content (AvgIpc) is 2.68. The van der Waals surface area contributed by atoms with E-state index in [2.05, 4.69) is 16.9 Å². The number of nitrogens with zero attached hydrogens (tertiary/aromatic N) is 2. The summed E-state index contributed by atoms with van der Waals surface area (Å²) < 4.78 is 5.54. The number of rotatable bonds is 4. The molecule has 0 spiro atoms. The lowest BCUT2D eigenvalue weighted by atomic mass is 10.2. The molecule has 0 amide bonds. The fourth-order valence-electron chi connectivity index (χ4n) is 1.78. The summed E-state index contributed by atoms with van der Waals surface area (Å²) in [5.41, 5.74) is 0. The van der Waals surface area contributed by atoms with Crippen LogP contribution in [0, 0.1) is 0 Å². The van der Waals surface area contributed by atoms with Crippen molar-refractivity contribution in [3.63, 3.8) is 0 Å². The molecule has 1 saturated heterocycles. The molecule has 0 aromatic carbocycles. The Labute approximate surface area is 105 Å². The summed E-state index contributed by atoms with van der Waals surface area (Å²) in [6.45, 7) is 1.20. The third kappa shape index (κ3) is 3.27. The quantitative estimate of drug-likeness (QED) is 0.613. The van der Waals surface area contributed by atoms with Crippen molar-refractivity contribution in [1.82, 2.24) is 9.88 Å². The van der Waals surface area contributed by atoms with Gasteiger partial charge in [0.05, 0.1) is 18.2 Å². The minimum absolute atomic E-state index is 0.493. The Kier molecular flexibility index (Phi) is 4.32. The summed E-state index contributed by atoms with van der Waals surface area (Å²) in [7, 11) is 2.17. The maximum Gasteiger partial charge on any atom is 0.155 e. The molecule has 0 N–H and O–H groups in total. The molecule has 0 saturated carbocycles. The molecule has 0 aliphatic carbocycles. The van der Waals surface area contributed by atoms with Gasteiger partial charge in [0.2, 0.25) is 0 Å². The van der Waals surface area contributed by atoms with Crippen LogP contribution in [0.1, 0.15) is 12.8 Å². The number of likely N-dealkylation sites (tertiary alicyclic amines) is 1. The van der Waals surface area contributed by atoms with Crippen LogP contribution in [-0.2, 0) is 0 Å². The van der Waals surface area contributed by atoms with Crippen LogP contribution in [0.25, 0.3) is 0 Å². The molecule has 1 aromatic heterocycles. The number of aromatic nitrogens is 1. The summed E-state index contributed by atoms with van der Waals surface area (Å²) in [6, 6.07) is 4.21. The van der Waals surface area contributed by atoms with E-state index in [1.807, 2.05) is 6.07 Å².